The van der Waals surface area contributed by atoms with Crippen LogP contribution in [0.4, 0.5) is 5.69 Å². The lowest BCUT2D eigenvalue weighted by Crippen LogP contribution is -2.01. The second-order valence-electron chi connectivity index (χ2n) is 5.20. The summed E-state index contributed by atoms with van der Waals surface area (Å²) in [6.45, 7) is 7.20. The zero-order valence-electron chi connectivity index (χ0n) is 12.0. The van der Waals surface area contributed by atoms with Crippen LogP contribution in [0.5, 0.6) is 0 Å². The van der Waals surface area contributed by atoms with Crippen molar-refractivity contribution < 1.29 is 0 Å². The van der Waals surface area contributed by atoms with Gasteiger partial charge in [-0.25, -0.2) is 4.98 Å². The molecule has 3 heteroatoms. The molecule has 0 amide bonds. The molecule has 0 radical (unpaired) electrons. The third-order valence-corrected chi connectivity index (χ3v) is 4.41. The Labute approximate surface area is 123 Å². The van der Waals surface area contributed by atoms with Crippen LogP contribution in [0.25, 0.3) is 10.2 Å². The van der Waals surface area contributed by atoms with Crippen molar-refractivity contribution in [3.8, 4) is 0 Å². The minimum absolute atomic E-state index is 0.857. The van der Waals surface area contributed by atoms with E-state index >= 15 is 0 Å². The highest BCUT2D eigenvalue weighted by Gasteiger charge is 2.03. The first-order valence-corrected chi connectivity index (χ1v) is 7.61. The van der Waals surface area contributed by atoms with E-state index in [0.717, 1.165) is 22.8 Å². The van der Waals surface area contributed by atoms with Crippen LogP contribution in [-0.4, -0.2) is 4.98 Å². The van der Waals surface area contributed by atoms with Gasteiger partial charge < -0.3 is 5.32 Å². The van der Waals surface area contributed by atoms with Gasteiger partial charge in [0.25, 0.3) is 0 Å². The predicted molar refractivity (Wildman–Crippen MR) is 87.6 cm³/mol. The van der Waals surface area contributed by atoms with Gasteiger partial charge in [0.1, 0.15) is 0 Å². The molecule has 0 fully saturated rings. The molecule has 1 N–H and O–H groups in total. The molecular formula is C17H18N2S. The summed E-state index contributed by atoms with van der Waals surface area (Å²) in [6, 6.07) is 13.0. The smallest absolute Gasteiger partial charge is 0.0907 e. The normalized spacial score (nSPS) is 10.9. The highest BCUT2D eigenvalue weighted by atomic mass is 32.1. The number of thiazole rings is 1. The number of aromatic nitrogens is 1. The number of anilines is 1. The van der Waals surface area contributed by atoms with Crippen molar-refractivity contribution in [2.24, 2.45) is 0 Å². The average Bonchev–Trinajstić information content (AvgIpc) is 2.77. The van der Waals surface area contributed by atoms with Crippen molar-refractivity contribution in [3.63, 3.8) is 0 Å². The first kappa shape index (κ1) is 13.1. The average molecular weight is 282 g/mol. The van der Waals surface area contributed by atoms with E-state index in [-0.39, 0.29) is 0 Å². The Balaban J connectivity index is 1.79. The van der Waals surface area contributed by atoms with Gasteiger partial charge in [-0.3, -0.25) is 0 Å². The first-order valence-electron chi connectivity index (χ1n) is 6.79. The molecule has 0 unspecified atom stereocenters. The summed E-state index contributed by atoms with van der Waals surface area (Å²) < 4.78 is 1.24. The molecular weight excluding hydrogens is 264 g/mol. The molecule has 0 aliphatic rings. The molecule has 1 heterocycles. The summed E-state index contributed by atoms with van der Waals surface area (Å²) in [5.41, 5.74) is 6.24. The van der Waals surface area contributed by atoms with Crippen LogP contribution >= 0.6 is 11.3 Å². The Morgan fingerprint density at radius 1 is 1.05 bits per heavy atom. The molecule has 2 nitrogen and oxygen atoms in total. The minimum Gasteiger partial charge on any atom is -0.381 e. The number of aryl methyl sites for hydroxylation is 3. The van der Waals surface area contributed by atoms with Crippen LogP contribution < -0.4 is 5.32 Å². The van der Waals surface area contributed by atoms with Crippen molar-refractivity contribution in [2.75, 3.05) is 5.32 Å². The molecule has 3 rings (SSSR count). The van der Waals surface area contributed by atoms with Gasteiger partial charge in [-0.1, -0.05) is 23.8 Å². The van der Waals surface area contributed by atoms with Crippen LogP contribution in [0.3, 0.4) is 0 Å². The highest BCUT2D eigenvalue weighted by Crippen LogP contribution is 2.25. The van der Waals surface area contributed by atoms with E-state index in [9.17, 15) is 0 Å². The van der Waals surface area contributed by atoms with E-state index in [2.05, 4.69) is 60.5 Å². The van der Waals surface area contributed by atoms with Crippen molar-refractivity contribution in [1.82, 2.24) is 4.98 Å². The van der Waals surface area contributed by atoms with E-state index < -0.39 is 0 Å². The van der Waals surface area contributed by atoms with Crippen LogP contribution in [0.2, 0.25) is 0 Å². The van der Waals surface area contributed by atoms with Gasteiger partial charge in [-0.05, 0) is 50.1 Å². The van der Waals surface area contributed by atoms with Crippen molar-refractivity contribution in [3.05, 3.63) is 58.1 Å². The second kappa shape index (κ2) is 5.25. The van der Waals surface area contributed by atoms with Gasteiger partial charge in [-0.2, -0.15) is 0 Å². The number of nitrogens with zero attached hydrogens (tertiary/aromatic N) is 1. The standard InChI is InChI=1S/C17H18N2S/c1-11-4-5-14(12(2)8-11)10-18-15-6-7-16-17(9-15)20-13(3)19-16/h4-9,18H,10H2,1-3H3. The summed E-state index contributed by atoms with van der Waals surface area (Å²) >= 11 is 1.74. The second-order valence-corrected chi connectivity index (χ2v) is 6.43. The molecule has 0 aliphatic heterocycles. The van der Waals surface area contributed by atoms with E-state index in [4.69, 9.17) is 0 Å². The summed E-state index contributed by atoms with van der Waals surface area (Å²) in [5.74, 6) is 0. The Kier molecular flexibility index (Phi) is 3.45. The fourth-order valence-corrected chi connectivity index (χ4v) is 3.26. The molecule has 0 atom stereocenters. The van der Waals surface area contributed by atoms with Gasteiger partial charge in [-0.15, -0.1) is 11.3 Å². The predicted octanol–water partition coefficient (Wildman–Crippen LogP) is 4.83. The van der Waals surface area contributed by atoms with Crippen LogP contribution in [0, 0.1) is 20.8 Å². The van der Waals surface area contributed by atoms with Gasteiger partial charge in [0, 0.05) is 12.2 Å². The molecule has 102 valence electrons. The SMILES string of the molecule is Cc1ccc(CNc2ccc3nc(C)sc3c2)c(C)c1. The topological polar surface area (TPSA) is 24.9 Å². The number of nitrogens with one attached hydrogen (secondary N) is 1. The van der Waals surface area contributed by atoms with Crippen LogP contribution in [0.1, 0.15) is 21.7 Å². The Morgan fingerprint density at radius 2 is 1.90 bits per heavy atom. The third-order valence-electron chi connectivity index (χ3n) is 3.48. The molecule has 1 aromatic heterocycles. The van der Waals surface area contributed by atoms with E-state index in [1.165, 1.54) is 21.4 Å². The largest absolute Gasteiger partial charge is 0.381 e. The maximum atomic E-state index is 4.49. The highest BCUT2D eigenvalue weighted by molar-refractivity contribution is 7.18. The summed E-state index contributed by atoms with van der Waals surface area (Å²) in [7, 11) is 0. The maximum absolute atomic E-state index is 4.49. The maximum Gasteiger partial charge on any atom is 0.0907 e. The fourth-order valence-electron chi connectivity index (χ4n) is 2.39. The molecule has 0 aliphatic carbocycles. The number of hydrogen-bond donors (Lipinski definition) is 1. The summed E-state index contributed by atoms with van der Waals surface area (Å²) in [6.07, 6.45) is 0. The van der Waals surface area contributed by atoms with Crippen LogP contribution in [0.15, 0.2) is 36.4 Å². The quantitative estimate of drug-likeness (QED) is 0.744. The fraction of sp³-hybridized carbons (Fsp3) is 0.235. The molecule has 2 aromatic carbocycles. The molecule has 0 spiro atoms. The number of hydrogen-bond acceptors (Lipinski definition) is 3. The van der Waals surface area contributed by atoms with Gasteiger partial charge in [0.05, 0.1) is 15.2 Å². The zero-order chi connectivity index (χ0) is 14.1. The van der Waals surface area contributed by atoms with Gasteiger partial charge in [0.2, 0.25) is 0 Å². The lowest BCUT2D eigenvalue weighted by Gasteiger charge is -2.09. The Bertz CT molecular complexity index is 759. The monoisotopic (exact) mass is 282 g/mol. The lowest BCUT2D eigenvalue weighted by molar-refractivity contribution is 1.11. The molecule has 0 saturated heterocycles. The van der Waals surface area contributed by atoms with Crippen LogP contribution in [-0.2, 0) is 6.54 Å². The third kappa shape index (κ3) is 2.68. The van der Waals surface area contributed by atoms with Gasteiger partial charge in [0.15, 0.2) is 0 Å². The molecule has 20 heavy (non-hydrogen) atoms. The first-order chi connectivity index (χ1) is 9.61. The van der Waals surface area contributed by atoms with Crippen molar-refractivity contribution >= 4 is 27.2 Å². The molecule has 0 bridgehead atoms. The Morgan fingerprint density at radius 3 is 2.70 bits per heavy atom. The van der Waals surface area contributed by atoms with Crippen molar-refractivity contribution in [2.45, 2.75) is 27.3 Å². The lowest BCUT2D eigenvalue weighted by atomic mass is 10.1. The minimum atomic E-state index is 0.857. The number of fused-ring (bicyclic) bond motifs is 1. The van der Waals surface area contributed by atoms with Gasteiger partial charge >= 0.3 is 0 Å². The summed E-state index contributed by atoms with van der Waals surface area (Å²) in [5, 5.41) is 4.62. The summed E-state index contributed by atoms with van der Waals surface area (Å²) in [4.78, 5) is 4.49. The number of benzene rings is 2. The Hall–Kier alpha value is -1.87. The van der Waals surface area contributed by atoms with E-state index in [1.54, 1.807) is 11.3 Å². The molecule has 0 saturated carbocycles. The van der Waals surface area contributed by atoms with Crippen molar-refractivity contribution in [1.29, 1.82) is 0 Å². The molecule has 3 aromatic rings. The zero-order valence-corrected chi connectivity index (χ0v) is 12.8. The number of rotatable bonds is 3. The van der Waals surface area contributed by atoms with E-state index in [0.29, 0.717) is 0 Å². The van der Waals surface area contributed by atoms with E-state index in [1.807, 2.05) is 6.92 Å².